The lowest BCUT2D eigenvalue weighted by Crippen LogP contribution is -2.56. The number of likely N-dealkylation sites (N-methyl/N-ethyl adjacent to an activating group) is 1. The summed E-state index contributed by atoms with van der Waals surface area (Å²) in [5, 5.41) is 12.7. The van der Waals surface area contributed by atoms with Crippen LogP contribution in [0, 0.1) is 11.8 Å². The number of carboxylic acids is 1. The number of esters is 1. The fraction of sp³-hybridized carbons (Fsp3) is 0.882. The molecule has 0 amide bonds. The molecule has 2 aliphatic rings. The van der Waals surface area contributed by atoms with E-state index in [9.17, 15) is 9.59 Å². The van der Waals surface area contributed by atoms with Gasteiger partial charge in [-0.25, -0.2) is 0 Å². The molecular weight excluding hydrogens is 296 g/mol. The van der Waals surface area contributed by atoms with E-state index in [1.807, 2.05) is 11.8 Å². The number of ether oxygens (including phenoxy) is 1. The fourth-order valence-electron chi connectivity index (χ4n) is 4.07. The van der Waals surface area contributed by atoms with E-state index in [1.165, 1.54) is 7.11 Å². The molecule has 6 heteroatoms. The van der Waals surface area contributed by atoms with Crippen LogP contribution in [0.3, 0.4) is 0 Å². The van der Waals surface area contributed by atoms with Gasteiger partial charge >= 0.3 is 11.9 Å². The lowest BCUT2D eigenvalue weighted by molar-refractivity contribution is -0.142. The van der Waals surface area contributed by atoms with E-state index in [4.69, 9.17) is 9.84 Å². The van der Waals surface area contributed by atoms with Crippen molar-refractivity contribution in [2.24, 2.45) is 11.8 Å². The number of methoxy groups -OCH3 is 1. The van der Waals surface area contributed by atoms with Crippen molar-refractivity contribution in [3.05, 3.63) is 0 Å². The van der Waals surface area contributed by atoms with Gasteiger partial charge in [-0.2, -0.15) is 0 Å². The zero-order valence-corrected chi connectivity index (χ0v) is 14.5. The monoisotopic (exact) mass is 326 g/mol. The summed E-state index contributed by atoms with van der Waals surface area (Å²) < 4.78 is 4.78. The minimum absolute atomic E-state index is 0.113. The van der Waals surface area contributed by atoms with Crippen LogP contribution in [0.2, 0.25) is 0 Å². The Labute approximate surface area is 138 Å². The minimum atomic E-state index is -0.752. The maximum absolute atomic E-state index is 11.5. The number of rotatable bonds is 8. The first-order chi connectivity index (χ1) is 10.9. The molecule has 2 rings (SSSR count). The number of nitrogens with one attached hydrogen (secondary N) is 1. The van der Waals surface area contributed by atoms with Crippen LogP contribution in [0.5, 0.6) is 0 Å². The number of aliphatic carboxylic acids is 1. The Balaban J connectivity index is 1.73. The maximum atomic E-state index is 11.5. The minimum Gasteiger partial charge on any atom is -0.480 e. The highest BCUT2D eigenvalue weighted by Crippen LogP contribution is 2.36. The van der Waals surface area contributed by atoms with Crippen LogP contribution in [0.25, 0.3) is 0 Å². The van der Waals surface area contributed by atoms with Gasteiger partial charge in [-0.3, -0.25) is 14.5 Å². The smallest absolute Gasteiger partial charge is 0.317 e. The standard InChI is InChI=1S/C17H30N2O4/c1-4-19(10-16(20)21)14-8-13(9-14)18-15-6-5-12(11(15)2)7-17(22)23-3/h11-15,18H,4-10H2,1-3H3,(H,20,21). The molecule has 2 aliphatic carbocycles. The molecule has 2 fully saturated rings. The molecule has 3 unspecified atom stereocenters. The zero-order valence-electron chi connectivity index (χ0n) is 14.5. The topological polar surface area (TPSA) is 78.9 Å². The van der Waals surface area contributed by atoms with Crippen molar-refractivity contribution in [2.45, 2.75) is 64.1 Å². The summed E-state index contributed by atoms with van der Waals surface area (Å²) in [6.45, 7) is 5.15. The number of carboxylic acid groups (broad SMARTS) is 1. The first-order valence-electron chi connectivity index (χ1n) is 8.73. The van der Waals surface area contributed by atoms with Crippen LogP contribution in [0.4, 0.5) is 0 Å². The number of nitrogens with zero attached hydrogens (tertiary/aromatic N) is 1. The van der Waals surface area contributed by atoms with Crippen molar-refractivity contribution >= 4 is 11.9 Å². The summed E-state index contributed by atoms with van der Waals surface area (Å²) in [7, 11) is 1.45. The van der Waals surface area contributed by atoms with Gasteiger partial charge in [-0.15, -0.1) is 0 Å². The number of carbonyl (C=O) groups excluding carboxylic acids is 1. The normalized spacial score (nSPS) is 33.5. The lowest BCUT2D eigenvalue weighted by atomic mass is 9.83. The van der Waals surface area contributed by atoms with Crippen LogP contribution in [0.15, 0.2) is 0 Å². The van der Waals surface area contributed by atoms with Gasteiger partial charge in [-0.1, -0.05) is 13.8 Å². The number of hydrogen-bond donors (Lipinski definition) is 2. The van der Waals surface area contributed by atoms with E-state index in [1.54, 1.807) is 0 Å². The van der Waals surface area contributed by atoms with Crippen LogP contribution < -0.4 is 5.32 Å². The van der Waals surface area contributed by atoms with Crippen LogP contribution in [0.1, 0.15) is 46.0 Å². The van der Waals surface area contributed by atoms with E-state index in [0.717, 1.165) is 32.2 Å². The van der Waals surface area contributed by atoms with E-state index < -0.39 is 5.97 Å². The first-order valence-corrected chi connectivity index (χ1v) is 8.73. The van der Waals surface area contributed by atoms with Gasteiger partial charge in [0.15, 0.2) is 0 Å². The Morgan fingerprint density at radius 2 is 2.00 bits per heavy atom. The molecule has 2 saturated carbocycles. The second-order valence-electron chi connectivity index (χ2n) is 7.03. The van der Waals surface area contributed by atoms with Crippen molar-refractivity contribution in [3.8, 4) is 0 Å². The van der Waals surface area contributed by atoms with Crippen LogP contribution in [-0.2, 0) is 14.3 Å². The Hall–Kier alpha value is -1.14. The molecule has 0 bridgehead atoms. The number of carbonyl (C=O) groups is 2. The molecule has 132 valence electrons. The molecule has 0 aromatic rings. The quantitative estimate of drug-likeness (QED) is 0.658. The zero-order chi connectivity index (χ0) is 17.0. The second-order valence-corrected chi connectivity index (χ2v) is 7.03. The van der Waals surface area contributed by atoms with Crippen molar-refractivity contribution < 1.29 is 19.4 Å². The van der Waals surface area contributed by atoms with Gasteiger partial charge in [0.2, 0.25) is 0 Å². The van der Waals surface area contributed by atoms with Crippen LogP contribution >= 0.6 is 0 Å². The van der Waals surface area contributed by atoms with E-state index in [-0.39, 0.29) is 12.5 Å². The fourth-order valence-corrected chi connectivity index (χ4v) is 4.07. The third kappa shape index (κ3) is 4.67. The number of hydrogen-bond acceptors (Lipinski definition) is 5. The average molecular weight is 326 g/mol. The SMILES string of the molecule is CCN(CC(=O)O)C1CC(NC2CCC(CC(=O)OC)C2C)C1. The highest BCUT2D eigenvalue weighted by atomic mass is 16.5. The molecule has 23 heavy (non-hydrogen) atoms. The molecule has 0 aromatic carbocycles. The Morgan fingerprint density at radius 1 is 1.30 bits per heavy atom. The summed E-state index contributed by atoms with van der Waals surface area (Å²) in [6, 6.07) is 1.33. The molecule has 0 spiro atoms. The molecule has 2 N–H and O–H groups in total. The Bertz CT molecular complexity index is 423. The molecule has 0 aromatic heterocycles. The van der Waals surface area contributed by atoms with Gasteiger partial charge in [-0.05, 0) is 44.1 Å². The maximum Gasteiger partial charge on any atom is 0.317 e. The molecule has 0 aliphatic heterocycles. The second kappa shape index (κ2) is 8.11. The van der Waals surface area contributed by atoms with Gasteiger partial charge < -0.3 is 15.2 Å². The summed E-state index contributed by atoms with van der Waals surface area (Å²) in [5.41, 5.74) is 0. The average Bonchev–Trinajstić information content (AvgIpc) is 2.80. The predicted octanol–water partition coefficient (Wildman–Crippen LogP) is 1.49. The summed E-state index contributed by atoms with van der Waals surface area (Å²) >= 11 is 0. The first kappa shape index (κ1) is 18.2. The highest BCUT2D eigenvalue weighted by molar-refractivity contribution is 5.69. The molecule has 0 heterocycles. The summed E-state index contributed by atoms with van der Waals surface area (Å²) in [5.74, 6) is 0.0289. The third-order valence-electron chi connectivity index (χ3n) is 5.71. The predicted molar refractivity (Wildman–Crippen MR) is 87.1 cm³/mol. The van der Waals surface area contributed by atoms with E-state index in [2.05, 4.69) is 12.2 Å². The summed E-state index contributed by atoms with van der Waals surface area (Å²) in [4.78, 5) is 24.4. The largest absolute Gasteiger partial charge is 0.480 e. The van der Waals surface area contributed by atoms with Gasteiger partial charge in [0, 0.05) is 24.5 Å². The molecular formula is C17H30N2O4. The van der Waals surface area contributed by atoms with Crippen molar-refractivity contribution in [1.29, 1.82) is 0 Å². The highest BCUT2D eigenvalue weighted by Gasteiger charge is 2.39. The molecule has 6 nitrogen and oxygen atoms in total. The van der Waals surface area contributed by atoms with E-state index in [0.29, 0.717) is 36.4 Å². The van der Waals surface area contributed by atoms with E-state index >= 15 is 0 Å². The van der Waals surface area contributed by atoms with Crippen molar-refractivity contribution in [2.75, 3.05) is 20.2 Å². The lowest BCUT2D eigenvalue weighted by Gasteiger charge is -2.44. The van der Waals surface area contributed by atoms with Crippen LogP contribution in [-0.4, -0.2) is 60.3 Å². The third-order valence-corrected chi connectivity index (χ3v) is 5.71. The molecule has 3 atom stereocenters. The van der Waals surface area contributed by atoms with Gasteiger partial charge in [0.05, 0.1) is 13.7 Å². The van der Waals surface area contributed by atoms with Crippen molar-refractivity contribution in [1.82, 2.24) is 10.2 Å². The van der Waals surface area contributed by atoms with Crippen molar-refractivity contribution in [3.63, 3.8) is 0 Å². The van der Waals surface area contributed by atoms with Gasteiger partial charge in [0.25, 0.3) is 0 Å². The summed E-state index contributed by atoms with van der Waals surface area (Å²) in [6.07, 6.45) is 4.74. The Morgan fingerprint density at radius 3 is 2.57 bits per heavy atom. The van der Waals surface area contributed by atoms with Gasteiger partial charge in [0.1, 0.15) is 0 Å². The Kier molecular flexibility index (Phi) is 6.41. The molecule has 0 saturated heterocycles. The molecule has 0 radical (unpaired) electrons.